The van der Waals surface area contributed by atoms with E-state index in [-0.39, 0.29) is 5.91 Å². The van der Waals surface area contributed by atoms with Crippen LogP contribution in [-0.4, -0.2) is 34.6 Å². The van der Waals surface area contributed by atoms with Gasteiger partial charge in [0, 0.05) is 19.0 Å². The lowest BCUT2D eigenvalue weighted by Crippen LogP contribution is -2.56. The second-order valence-electron chi connectivity index (χ2n) is 6.49. The predicted molar refractivity (Wildman–Crippen MR) is 95.3 cm³/mol. The topological polar surface area (TPSA) is 76.1 Å². The van der Waals surface area contributed by atoms with E-state index in [9.17, 15) is 4.79 Å². The number of piperidine rings is 1. The maximum absolute atomic E-state index is 12.9. The van der Waals surface area contributed by atoms with Gasteiger partial charge in [-0.1, -0.05) is 17.7 Å². The number of aromatic nitrogens is 2. The highest BCUT2D eigenvalue weighted by Crippen LogP contribution is 2.27. The molecule has 1 fully saturated rings. The SMILES string of the molecule is Cc1ccc(OC2(C(=O)NCc3cnc(C)cn3)CCNCC2)cc1. The van der Waals surface area contributed by atoms with Crippen LogP contribution >= 0.6 is 0 Å². The van der Waals surface area contributed by atoms with Gasteiger partial charge in [0.15, 0.2) is 5.60 Å². The molecule has 0 atom stereocenters. The van der Waals surface area contributed by atoms with Crippen LogP contribution in [0.5, 0.6) is 5.75 Å². The Morgan fingerprint density at radius 2 is 1.88 bits per heavy atom. The number of nitrogens with zero attached hydrogens (tertiary/aromatic N) is 2. The van der Waals surface area contributed by atoms with Crippen LogP contribution in [-0.2, 0) is 11.3 Å². The van der Waals surface area contributed by atoms with Crippen molar-refractivity contribution in [1.29, 1.82) is 0 Å². The summed E-state index contributed by atoms with van der Waals surface area (Å²) in [4.78, 5) is 21.4. The van der Waals surface area contributed by atoms with Crippen LogP contribution in [0.25, 0.3) is 0 Å². The van der Waals surface area contributed by atoms with Crippen molar-refractivity contribution < 1.29 is 9.53 Å². The fourth-order valence-electron chi connectivity index (χ4n) is 2.88. The average Bonchev–Trinajstić information content (AvgIpc) is 2.64. The molecule has 25 heavy (non-hydrogen) atoms. The Hall–Kier alpha value is -2.47. The largest absolute Gasteiger partial charge is 0.477 e. The number of hydrogen-bond donors (Lipinski definition) is 2. The van der Waals surface area contributed by atoms with E-state index in [0.29, 0.717) is 19.4 Å². The van der Waals surface area contributed by atoms with Gasteiger partial charge in [-0.15, -0.1) is 0 Å². The molecule has 0 saturated carbocycles. The monoisotopic (exact) mass is 340 g/mol. The number of benzene rings is 1. The standard InChI is InChI=1S/C19H24N4O2/c1-14-3-5-17(6-4-14)25-19(7-9-20-10-8-19)18(24)23-13-16-12-21-15(2)11-22-16/h3-6,11-12,20H,7-10,13H2,1-2H3,(H,23,24). The molecule has 1 aliphatic heterocycles. The van der Waals surface area contributed by atoms with Crippen LogP contribution in [0.3, 0.4) is 0 Å². The molecule has 1 aliphatic rings. The summed E-state index contributed by atoms with van der Waals surface area (Å²) < 4.78 is 6.18. The van der Waals surface area contributed by atoms with Crippen molar-refractivity contribution in [1.82, 2.24) is 20.6 Å². The second-order valence-corrected chi connectivity index (χ2v) is 6.49. The number of rotatable bonds is 5. The molecule has 1 amide bonds. The molecule has 1 aromatic carbocycles. The first-order valence-electron chi connectivity index (χ1n) is 8.60. The molecule has 2 N–H and O–H groups in total. The molecule has 132 valence electrons. The minimum Gasteiger partial charge on any atom is -0.477 e. The van der Waals surface area contributed by atoms with Gasteiger partial charge in [0.25, 0.3) is 5.91 Å². The number of carbonyl (C=O) groups excluding carboxylic acids is 1. The van der Waals surface area contributed by atoms with E-state index in [1.54, 1.807) is 12.4 Å². The van der Waals surface area contributed by atoms with Crippen LogP contribution in [0.1, 0.15) is 29.8 Å². The minimum atomic E-state index is -0.849. The summed E-state index contributed by atoms with van der Waals surface area (Å²) in [5, 5.41) is 6.25. The molecule has 1 aromatic heterocycles. The summed E-state index contributed by atoms with van der Waals surface area (Å²) >= 11 is 0. The fraction of sp³-hybridized carbons (Fsp3) is 0.421. The molecule has 2 aromatic rings. The maximum Gasteiger partial charge on any atom is 0.264 e. The zero-order valence-electron chi connectivity index (χ0n) is 14.7. The Morgan fingerprint density at radius 1 is 1.16 bits per heavy atom. The van der Waals surface area contributed by atoms with Gasteiger partial charge in [-0.05, 0) is 39.1 Å². The molecule has 0 radical (unpaired) electrons. The van der Waals surface area contributed by atoms with Crippen molar-refractivity contribution in [3.05, 3.63) is 53.6 Å². The van der Waals surface area contributed by atoms with Gasteiger partial charge in [-0.25, -0.2) is 0 Å². The minimum absolute atomic E-state index is 0.100. The lowest BCUT2D eigenvalue weighted by molar-refractivity contribution is -0.139. The number of hydrogen-bond acceptors (Lipinski definition) is 5. The highest BCUT2D eigenvalue weighted by molar-refractivity contribution is 5.85. The molecule has 0 aliphatic carbocycles. The maximum atomic E-state index is 12.9. The molecule has 1 saturated heterocycles. The summed E-state index contributed by atoms with van der Waals surface area (Å²) in [5.41, 5.74) is 1.90. The molecule has 0 bridgehead atoms. The highest BCUT2D eigenvalue weighted by Gasteiger charge is 2.42. The third-order valence-corrected chi connectivity index (χ3v) is 4.42. The van der Waals surface area contributed by atoms with Gasteiger partial charge in [0.1, 0.15) is 5.75 Å². The highest BCUT2D eigenvalue weighted by atomic mass is 16.5. The zero-order valence-corrected chi connectivity index (χ0v) is 14.7. The lowest BCUT2D eigenvalue weighted by atomic mass is 9.90. The molecule has 6 nitrogen and oxygen atoms in total. The van der Waals surface area contributed by atoms with Crippen LogP contribution in [0.2, 0.25) is 0 Å². The van der Waals surface area contributed by atoms with E-state index >= 15 is 0 Å². The third kappa shape index (κ3) is 4.33. The lowest BCUT2D eigenvalue weighted by Gasteiger charge is -2.36. The molecular weight excluding hydrogens is 316 g/mol. The number of carbonyl (C=O) groups is 1. The van der Waals surface area contributed by atoms with E-state index in [1.807, 2.05) is 38.1 Å². The normalized spacial score (nSPS) is 16.2. The molecule has 0 unspecified atom stereocenters. The Balaban J connectivity index is 1.71. The molecular formula is C19H24N4O2. The Bertz CT molecular complexity index is 707. The van der Waals surface area contributed by atoms with Gasteiger partial charge in [0.05, 0.1) is 24.1 Å². The first-order valence-corrected chi connectivity index (χ1v) is 8.60. The van der Waals surface area contributed by atoms with E-state index in [4.69, 9.17) is 4.74 Å². The third-order valence-electron chi connectivity index (χ3n) is 4.42. The van der Waals surface area contributed by atoms with E-state index in [1.165, 1.54) is 0 Å². The zero-order chi connectivity index (χ0) is 17.7. The van der Waals surface area contributed by atoms with Crippen molar-refractivity contribution in [3.63, 3.8) is 0 Å². The smallest absolute Gasteiger partial charge is 0.264 e. The Kier molecular flexibility index (Phi) is 5.28. The van der Waals surface area contributed by atoms with Crippen LogP contribution in [0.4, 0.5) is 0 Å². The Morgan fingerprint density at radius 3 is 2.52 bits per heavy atom. The number of nitrogens with one attached hydrogen (secondary N) is 2. The fourth-order valence-corrected chi connectivity index (χ4v) is 2.88. The van der Waals surface area contributed by atoms with Crippen molar-refractivity contribution >= 4 is 5.91 Å². The van der Waals surface area contributed by atoms with E-state index in [2.05, 4.69) is 20.6 Å². The molecule has 3 rings (SSSR count). The van der Waals surface area contributed by atoms with Crippen molar-refractivity contribution in [2.75, 3.05) is 13.1 Å². The first-order chi connectivity index (χ1) is 12.1. The van der Waals surface area contributed by atoms with Crippen LogP contribution in [0, 0.1) is 13.8 Å². The summed E-state index contributed by atoms with van der Waals surface area (Å²) in [6.45, 7) is 5.76. The van der Waals surface area contributed by atoms with Crippen molar-refractivity contribution in [3.8, 4) is 5.75 Å². The van der Waals surface area contributed by atoms with Crippen molar-refractivity contribution in [2.45, 2.75) is 38.8 Å². The summed E-state index contributed by atoms with van der Waals surface area (Å²) in [6, 6.07) is 7.81. The van der Waals surface area contributed by atoms with Gasteiger partial charge >= 0.3 is 0 Å². The average molecular weight is 340 g/mol. The van der Waals surface area contributed by atoms with E-state index < -0.39 is 5.60 Å². The van der Waals surface area contributed by atoms with Gasteiger partial charge < -0.3 is 15.4 Å². The first kappa shape index (κ1) is 17.4. The molecule has 0 spiro atoms. The summed E-state index contributed by atoms with van der Waals surface area (Å²) in [6.07, 6.45) is 4.65. The quantitative estimate of drug-likeness (QED) is 0.869. The Labute approximate surface area is 148 Å². The molecule has 2 heterocycles. The number of amides is 1. The van der Waals surface area contributed by atoms with Crippen LogP contribution in [0.15, 0.2) is 36.7 Å². The summed E-state index contributed by atoms with van der Waals surface area (Å²) in [7, 11) is 0. The van der Waals surface area contributed by atoms with Gasteiger partial charge in [-0.2, -0.15) is 0 Å². The van der Waals surface area contributed by atoms with Crippen LogP contribution < -0.4 is 15.4 Å². The van der Waals surface area contributed by atoms with E-state index in [0.717, 1.165) is 35.8 Å². The molecule has 6 heteroatoms. The number of aryl methyl sites for hydroxylation is 2. The number of ether oxygens (including phenoxy) is 1. The van der Waals surface area contributed by atoms with Crippen molar-refractivity contribution in [2.24, 2.45) is 0 Å². The second kappa shape index (κ2) is 7.61. The summed E-state index contributed by atoms with van der Waals surface area (Å²) in [5.74, 6) is 0.620. The van der Waals surface area contributed by atoms with Gasteiger partial charge in [0.2, 0.25) is 0 Å². The predicted octanol–water partition coefficient (Wildman–Crippen LogP) is 1.91. The van der Waals surface area contributed by atoms with Gasteiger partial charge in [-0.3, -0.25) is 14.8 Å².